The van der Waals surface area contributed by atoms with E-state index in [2.05, 4.69) is 99.3 Å². The molecule has 0 radical (unpaired) electrons. The summed E-state index contributed by atoms with van der Waals surface area (Å²) in [6.07, 6.45) is 4.33. The third-order valence-corrected chi connectivity index (χ3v) is 7.14. The van der Waals surface area contributed by atoms with Crippen LogP contribution >= 0.6 is 0 Å². The van der Waals surface area contributed by atoms with Crippen LogP contribution < -0.4 is 4.57 Å². The van der Waals surface area contributed by atoms with Gasteiger partial charge in [0.15, 0.2) is 6.20 Å². The number of nitrogens with zero attached hydrogens (tertiary/aromatic N) is 2. The maximum Gasteiger partial charge on any atom is 0.216 e. The molecule has 2 heterocycles. The van der Waals surface area contributed by atoms with E-state index in [1.54, 1.807) is 0 Å². The monoisotopic (exact) mass is 441 g/mol. The van der Waals surface area contributed by atoms with Crippen molar-refractivity contribution in [3.8, 4) is 17.3 Å². The molecule has 0 atom stereocenters. The summed E-state index contributed by atoms with van der Waals surface area (Å²) in [5.74, 6) is 0. The minimum atomic E-state index is -0.119. The number of nitriles is 1. The highest BCUT2D eigenvalue weighted by molar-refractivity contribution is 6.13. The van der Waals surface area contributed by atoms with Crippen molar-refractivity contribution in [2.45, 2.75) is 26.2 Å². The zero-order chi connectivity index (χ0) is 23.6. The average Bonchev–Trinajstić information content (AvgIpc) is 3.34. The number of hydrogen-bond donors (Lipinski definition) is 0. The Bertz CT molecular complexity index is 1710. The smallest absolute Gasteiger partial charge is 0.216 e. The number of fused-ring (bicyclic) bond motifs is 4. The maximum absolute atomic E-state index is 10.1. The number of benzene rings is 3. The topological polar surface area (TPSA) is 40.8 Å². The molecule has 6 rings (SSSR count). The van der Waals surface area contributed by atoms with Gasteiger partial charge < -0.3 is 4.42 Å². The first kappa shape index (κ1) is 20.4. The Hall–Kier alpha value is -4.16. The highest BCUT2D eigenvalue weighted by Crippen LogP contribution is 2.47. The Kier molecular flexibility index (Phi) is 4.31. The van der Waals surface area contributed by atoms with Crippen molar-refractivity contribution in [3.63, 3.8) is 0 Å². The molecule has 1 aliphatic carbocycles. The molecule has 0 unspecified atom stereocenters. The van der Waals surface area contributed by atoms with Gasteiger partial charge in [-0.1, -0.05) is 56.3 Å². The van der Waals surface area contributed by atoms with Crippen LogP contribution in [-0.4, -0.2) is 0 Å². The molecule has 0 saturated heterocycles. The number of aryl methyl sites for hydroxylation is 2. The standard InChI is InChI=1S/C31H25N2O/c1-19-12-14-22-23-15-13-20(18-32)28(24-17-31(2,3)25-10-6-5-9-21(24)25)30(23)34-29(22)27(19)26-11-7-8-16-33(26)4/h5-17H,1-4H3/q+1. The predicted molar refractivity (Wildman–Crippen MR) is 136 cm³/mol. The molecule has 0 saturated carbocycles. The van der Waals surface area contributed by atoms with Gasteiger partial charge in [-0.25, -0.2) is 4.57 Å². The molecule has 0 fully saturated rings. The van der Waals surface area contributed by atoms with Gasteiger partial charge in [0.2, 0.25) is 5.69 Å². The van der Waals surface area contributed by atoms with Gasteiger partial charge in [0.1, 0.15) is 18.2 Å². The Morgan fingerprint density at radius 1 is 0.853 bits per heavy atom. The lowest BCUT2D eigenvalue weighted by Crippen LogP contribution is -2.30. The molecule has 164 valence electrons. The van der Waals surface area contributed by atoms with E-state index in [4.69, 9.17) is 4.42 Å². The van der Waals surface area contributed by atoms with Crippen molar-refractivity contribution < 1.29 is 8.98 Å². The van der Waals surface area contributed by atoms with E-state index in [1.165, 1.54) is 11.1 Å². The van der Waals surface area contributed by atoms with Crippen molar-refractivity contribution >= 4 is 27.5 Å². The minimum absolute atomic E-state index is 0.119. The molecule has 0 bridgehead atoms. The highest BCUT2D eigenvalue weighted by Gasteiger charge is 2.33. The Morgan fingerprint density at radius 3 is 2.32 bits per heavy atom. The Labute approximate surface area is 199 Å². The van der Waals surface area contributed by atoms with Crippen LogP contribution in [0.5, 0.6) is 0 Å². The Balaban J connectivity index is 1.73. The SMILES string of the molecule is Cc1ccc2c(oc3c(C4=CC(C)(C)c5ccccc54)c(C#N)ccc32)c1-c1cccc[n+]1C. The number of rotatable bonds is 2. The molecule has 0 spiro atoms. The molecule has 3 nitrogen and oxygen atoms in total. The van der Waals surface area contributed by atoms with E-state index in [0.717, 1.165) is 49.9 Å². The van der Waals surface area contributed by atoms with Crippen LogP contribution in [0, 0.1) is 18.3 Å². The molecule has 3 heteroatoms. The quantitative estimate of drug-likeness (QED) is 0.277. The van der Waals surface area contributed by atoms with Gasteiger partial charge in [0, 0.05) is 33.9 Å². The second-order valence-electron chi connectivity index (χ2n) is 9.73. The summed E-state index contributed by atoms with van der Waals surface area (Å²) in [5.41, 5.74) is 9.89. The van der Waals surface area contributed by atoms with Gasteiger partial charge >= 0.3 is 0 Å². The first-order chi connectivity index (χ1) is 16.4. The summed E-state index contributed by atoms with van der Waals surface area (Å²) in [4.78, 5) is 0. The number of allylic oxidation sites excluding steroid dienone is 1. The average molecular weight is 442 g/mol. The van der Waals surface area contributed by atoms with Gasteiger partial charge in [-0.3, -0.25) is 0 Å². The molecular formula is C31H25N2O+. The number of furan rings is 1. The molecule has 1 aliphatic rings. The molecule has 2 aromatic heterocycles. The first-order valence-corrected chi connectivity index (χ1v) is 11.6. The zero-order valence-electron chi connectivity index (χ0n) is 19.8. The van der Waals surface area contributed by atoms with Crippen LogP contribution in [0.2, 0.25) is 0 Å². The van der Waals surface area contributed by atoms with E-state index in [0.29, 0.717) is 5.56 Å². The lowest BCUT2D eigenvalue weighted by Gasteiger charge is -2.16. The highest BCUT2D eigenvalue weighted by atomic mass is 16.3. The molecular weight excluding hydrogens is 416 g/mol. The van der Waals surface area contributed by atoms with Crippen LogP contribution in [0.15, 0.2) is 83.4 Å². The first-order valence-electron chi connectivity index (χ1n) is 11.6. The summed E-state index contributed by atoms with van der Waals surface area (Å²) in [5, 5.41) is 12.2. The van der Waals surface area contributed by atoms with Crippen LogP contribution in [0.3, 0.4) is 0 Å². The van der Waals surface area contributed by atoms with Crippen LogP contribution in [0.4, 0.5) is 0 Å². The van der Waals surface area contributed by atoms with Gasteiger partial charge in [0.05, 0.1) is 17.2 Å². The van der Waals surface area contributed by atoms with E-state index < -0.39 is 0 Å². The zero-order valence-corrected chi connectivity index (χ0v) is 19.8. The largest absolute Gasteiger partial charge is 0.454 e. The summed E-state index contributed by atoms with van der Waals surface area (Å²) in [7, 11) is 2.05. The second-order valence-corrected chi connectivity index (χ2v) is 9.73. The van der Waals surface area contributed by atoms with E-state index in [1.807, 2.05) is 18.2 Å². The van der Waals surface area contributed by atoms with Crippen LogP contribution in [-0.2, 0) is 12.5 Å². The summed E-state index contributed by atoms with van der Waals surface area (Å²) >= 11 is 0. The lowest BCUT2D eigenvalue weighted by atomic mass is 9.87. The number of pyridine rings is 1. The molecule has 0 amide bonds. The van der Waals surface area contributed by atoms with Gasteiger partial charge in [-0.05, 0) is 47.4 Å². The van der Waals surface area contributed by atoms with Crippen molar-refractivity contribution in [1.29, 1.82) is 5.26 Å². The lowest BCUT2D eigenvalue weighted by molar-refractivity contribution is -0.660. The molecule has 0 N–H and O–H groups in total. The van der Waals surface area contributed by atoms with E-state index >= 15 is 0 Å². The predicted octanol–water partition coefficient (Wildman–Crippen LogP) is 6.98. The maximum atomic E-state index is 10.1. The van der Waals surface area contributed by atoms with E-state index in [-0.39, 0.29) is 5.41 Å². The van der Waals surface area contributed by atoms with Gasteiger partial charge in [-0.2, -0.15) is 5.26 Å². The fraction of sp³-hybridized carbons (Fsp3) is 0.161. The van der Waals surface area contributed by atoms with E-state index in [9.17, 15) is 5.26 Å². The molecule has 3 aromatic carbocycles. The third-order valence-electron chi connectivity index (χ3n) is 7.14. The van der Waals surface area contributed by atoms with Crippen molar-refractivity contribution in [2.24, 2.45) is 7.05 Å². The third kappa shape index (κ3) is 2.79. The van der Waals surface area contributed by atoms with Gasteiger partial charge in [0.25, 0.3) is 0 Å². The molecule has 5 aromatic rings. The van der Waals surface area contributed by atoms with Crippen LogP contribution in [0.25, 0.3) is 38.8 Å². The normalized spacial score (nSPS) is 14.3. The summed E-state index contributed by atoms with van der Waals surface area (Å²) in [6.45, 7) is 6.57. The summed E-state index contributed by atoms with van der Waals surface area (Å²) in [6, 6.07) is 25.4. The van der Waals surface area contributed by atoms with Crippen molar-refractivity contribution in [1.82, 2.24) is 0 Å². The second kappa shape index (κ2) is 7.17. The van der Waals surface area contributed by atoms with Crippen molar-refractivity contribution in [2.75, 3.05) is 0 Å². The molecule has 0 aliphatic heterocycles. The molecule has 34 heavy (non-hydrogen) atoms. The summed E-state index contributed by atoms with van der Waals surface area (Å²) < 4.78 is 8.86. The number of aromatic nitrogens is 1. The fourth-order valence-electron chi connectivity index (χ4n) is 5.47. The van der Waals surface area contributed by atoms with Gasteiger partial charge in [-0.15, -0.1) is 0 Å². The van der Waals surface area contributed by atoms with Crippen molar-refractivity contribution in [3.05, 3.63) is 107 Å². The minimum Gasteiger partial charge on any atom is -0.454 e. The Morgan fingerprint density at radius 2 is 1.56 bits per heavy atom. The fourth-order valence-corrected chi connectivity index (χ4v) is 5.47. The van der Waals surface area contributed by atoms with Crippen LogP contribution in [0.1, 0.15) is 41.7 Å². The number of hydrogen-bond acceptors (Lipinski definition) is 2.